The van der Waals surface area contributed by atoms with Crippen LogP contribution in [-0.2, 0) is 0 Å². The monoisotopic (exact) mass is 200 g/mol. The predicted molar refractivity (Wildman–Crippen MR) is 64.1 cm³/mol. The van der Waals surface area contributed by atoms with Gasteiger partial charge in [0.15, 0.2) is 0 Å². The zero-order valence-electron chi connectivity index (χ0n) is 11.2. The summed E-state index contributed by atoms with van der Waals surface area (Å²) in [5, 5.41) is 0. The van der Waals surface area contributed by atoms with Gasteiger partial charge in [-0.05, 0) is 24.7 Å². The smallest absolute Gasteiger partial charge is 0.0359 e. The van der Waals surface area contributed by atoms with Gasteiger partial charge in [0.2, 0.25) is 0 Å². The van der Waals surface area contributed by atoms with E-state index in [1.807, 2.05) is 0 Å². The molecule has 2 atom stereocenters. The van der Waals surface area contributed by atoms with Crippen LogP contribution in [0.3, 0.4) is 0 Å². The molecule has 0 fully saturated rings. The van der Waals surface area contributed by atoms with Crippen LogP contribution in [0.5, 0.6) is 0 Å². The molecule has 14 heavy (non-hydrogen) atoms. The molecule has 0 bridgehead atoms. The van der Waals surface area contributed by atoms with Gasteiger partial charge in [-0.3, -0.25) is 0 Å². The molecule has 0 heterocycles. The predicted octanol–water partition coefficient (Wildman–Crippen LogP) is 2.51. The summed E-state index contributed by atoms with van der Waals surface area (Å²) in [6, 6.07) is 0. The SMILES string of the molecule is CC(C)(C)C(C)(N)C(C)(N)C(C)(C)C. The van der Waals surface area contributed by atoms with Crippen molar-refractivity contribution in [1.29, 1.82) is 0 Å². The fraction of sp³-hybridized carbons (Fsp3) is 1.00. The summed E-state index contributed by atoms with van der Waals surface area (Å²) in [5.41, 5.74) is 12.0. The summed E-state index contributed by atoms with van der Waals surface area (Å²) in [5.74, 6) is 0. The molecule has 0 radical (unpaired) electrons. The van der Waals surface area contributed by atoms with Crippen molar-refractivity contribution in [2.45, 2.75) is 66.5 Å². The maximum absolute atomic E-state index is 6.43. The molecule has 86 valence electrons. The number of rotatable bonds is 1. The van der Waals surface area contributed by atoms with Gasteiger partial charge in [-0.2, -0.15) is 0 Å². The molecule has 4 N–H and O–H groups in total. The highest BCUT2D eigenvalue weighted by atomic mass is 14.9. The van der Waals surface area contributed by atoms with Gasteiger partial charge in [0.1, 0.15) is 0 Å². The van der Waals surface area contributed by atoms with Gasteiger partial charge in [0.25, 0.3) is 0 Å². The summed E-state index contributed by atoms with van der Waals surface area (Å²) in [7, 11) is 0. The highest BCUT2D eigenvalue weighted by molar-refractivity contribution is 5.12. The topological polar surface area (TPSA) is 52.0 Å². The van der Waals surface area contributed by atoms with Crippen LogP contribution in [0.1, 0.15) is 55.4 Å². The van der Waals surface area contributed by atoms with Crippen LogP contribution in [0.2, 0.25) is 0 Å². The lowest BCUT2D eigenvalue weighted by Crippen LogP contribution is -2.73. The lowest BCUT2D eigenvalue weighted by Gasteiger charge is -2.56. The van der Waals surface area contributed by atoms with Crippen LogP contribution in [0.15, 0.2) is 0 Å². The fourth-order valence-corrected chi connectivity index (χ4v) is 1.56. The van der Waals surface area contributed by atoms with Gasteiger partial charge in [-0.25, -0.2) is 0 Å². The van der Waals surface area contributed by atoms with Crippen LogP contribution >= 0.6 is 0 Å². The second-order valence-electron chi connectivity index (χ2n) is 6.90. The Morgan fingerprint density at radius 2 is 0.643 bits per heavy atom. The second-order valence-corrected chi connectivity index (χ2v) is 6.90. The van der Waals surface area contributed by atoms with Crippen molar-refractivity contribution < 1.29 is 0 Å². The first-order chi connectivity index (χ1) is 5.75. The first-order valence-corrected chi connectivity index (χ1v) is 5.33. The zero-order valence-corrected chi connectivity index (χ0v) is 11.2. The number of nitrogens with two attached hydrogens (primary N) is 2. The minimum absolute atomic E-state index is 0.0101. The largest absolute Gasteiger partial charge is 0.323 e. The Morgan fingerprint density at radius 3 is 0.714 bits per heavy atom. The van der Waals surface area contributed by atoms with Gasteiger partial charge in [-0.1, -0.05) is 41.5 Å². The van der Waals surface area contributed by atoms with Crippen LogP contribution < -0.4 is 11.5 Å². The van der Waals surface area contributed by atoms with Crippen LogP contribution in [0.4, 0.5) is 0 Å². The van der Waals surface area contributed by atoms with Gasteiger partial charge in [0, 0.05) is 11.1 Å². The Hall–Kier alpha value is -0.0800. The van der Waals surface area contributed by atoms with E-state index < -0.39 is 11.1 Å². The summed E-state index contributed by atoms with van der Waals surface area (Å²) >= 11 is 0. The molecule has 0 aromatic rings. The van der Waals surface area contributed by atoms with E-state index in [1.54, 1.807) is 0 Å². The molecule has 2 nitrogen and oxygen atoms in total. The Kier molecular flexibility index (Phi) is 3.19. The summed E-state index contributed by atoms with van der Waals surface area (Å²) in [6.07, 6.45) is 0. The Morgan fingerprint density at radius 1 is 0.500 bits per heavy atom. The molecule has 0 aliphatic rings. The third kappa shape index (κ3) is 1.96. The molecule has 0 rings (SSSR count). The summed E-state index contributed by atoms with van der Waals surface area (Å²) in [6.45, 7) is 17.0. The average molecular weight is 200 g/mol. The third-order valence-electron chi connectivity index (χ3n) is 4.19. The van der Waals surface area contributed by atoms with Crippen molar-refractivity contribution >= 4 is 0 Å². The zero-order chi connectivity index (χ0) is 12.0. The summed E-state index contributed by atoms with van der Waals surface area (Å²) < 4.78 is 0. The van der Waals surface area contributed by atoms with Crippen molar-refractivity contribution in [3.63, 3.8) is 0 Å². The van der Waals surface area contributed by atoms with Crippen LogP contribution in [0, 0.1) is 10.8 Å². The van der Waals surface area contributed by atoms with E-state index in [1.165, 1.54) is 0 Å². The lowest BCUT2D eigenvalue weighted by atomic mass is 9.56. The van der Waals surface area contributed by atoms with Gasteiger partial charge < -0.3 is 11.5 Å². The molecule has 0 aromatic carbocycles. The highest BCUT2D eigenvalue weighted by Crippen LogP contribution is 2.43. The van der Waals surface area contributed by atoms with Crippen LogP contribution in [-0.4, -0.2) is 11.1 Å². The molecule has 2 unspecified atom stereocenters. The minimum Gasteiger partial charge on any atom is -0.323 e. The van der Waals surface area contributed by atoms with Crippen molar-refractivity contribution in [3.8, 4) is 0 Å². The molecule has 0 amide bonds. The Labute approximate surface area is 89.4 Å². The second kappa shape index (κ2) is 3.21. The van der Waals surface area contributed by atoms with Crippen molar-refractivity contribution in [2.24, 2.45) is 22.3 Å². The molecule has 0 aromatic heterocycles. The van der Waals surface area contributed by atoms with Gasteiger partial charge in [-0.15, -0.1) is 0 Å². The van der Waals surface area contributed by atoms with E-state index in [-0.39, 0.29) is 10.8 Å². The van der Waals surface area contributed by atoms with Gasteiger partial charge >= 0.3 is 0 Å². The van der Waals surface area contributed by atoms with Gasteiger partial charge in [0.05, 0.1) is 0 Å². The van der Waals surface area contributed by atoms with Crippen LogP contribution in [0.25, 0.3) is 0 Å². The van der Waals surface area contributed by atoms with E-state index in [9.17, 15) is 0 Å². The minimum atomic E-state index is -0.405. The normalized spacial score (nSPS) is 22.7. The molecule has 0 saturated heterocycles. The first kappa shape index (κ1) is 13.9. The quantitative estimate of drug-likeness (QED) is 0.683. The number of hydrogen-bond acceptors (Lipinski definition) is 2. The van der Waals surface area contributed by atoms with E-state index in [0.717, 1.165) is 0 Å². The fourth-order valence-electron chi connectivity index (χ4n) is 1.56. The van der Waals surface area contributed by atoms with E-state index in [0.29, 0.717) is 0 Å². The first-order valence-electron chi connectivity index (χ1n) is 5.33. The van der Waals surface area contributed by atoms with Crippen molar-refractivity contribution in [2.75, 3.05) is 0 Å². The van der Waals surface area contributed by atoms with Crippen molar-refractivity contribution in [1.82, 2.24) is 0 Å². The maximum atomic E-state index is 6.43. The molecular formula is C12H28N2. The molecule has 2 heteroatoms. The summed E-state index contributed by atoms with van der Waals surface area (Å²) in [4.78, 5) is 0. The standard InChI is InChI=1S/C12H28N2/c1-9(2,3)11(7,13)12(8,14)10(4,5)6/h13-14H2,1-8H3. The Bertz CT molecular complexity index is 177. The third-order valence-corrected chi connectivity index (χ3v) is 4.19. The Balaban J connectivity index is 5.30. The maximum Gasteiger partial charge on any atom is 0.0359 e. The van der Waals surface area contributed by atoms with E-state index in [4.69, 9.17) is 11.5 Å². The van der Waals surface area contributed by atoms with Crippen molar-refractivity contribution in [3.05, 3.63) is 0 Å². The lowest BCUT2D eigenvalue weighted by molar-refractivity contribution is 0.0349. The molecule has 0 aliphatic heterocycles. The molecule has 0 saturated carbocycles. The van der Waals surface area contributed by atoms with E-state index in [2.05, 4.69) is 55.4 Å². The average Bonchev–Trinajstić information content (AvgIpc) is 1.81. The molecule has 0 spiro atoms. The molecular weight excluding hydrogens is 172 g/mol. The van der Waals surface area contributed by atoms with E-state index >= 15 is 0 Å². The number of hydrogen-bond donors (Lipinski definition) is 2. The molecule has 0 aliphatic carbocycles. The highest BCUT2D eigenvalue weighted by Gasteiger charge is 2.52.